The van der Waals surface area contributed by atoms with Gasteiger partial charge in [-0.15, -0.1) is 0 Å². The summed E-state index contributed by atoms with van der Waals surface area (Å²) in [4.78, 5) is 27.1. The molecule has 1 aliphatic rings. The second kappa shape index (κ2) is 9.47. The number of nitrogens with one attached hydrogen (secondary N) is 2. The van der Waals surface area contributed by atoms with Crippen molar-refractivity contribution in [3.05, 3.63) is 54.1 Å². The number of carbonyl (C=O) groups is 2. The molecule has 2 aromatic rings. The lowest BCUT2D eigenvalue weighted by Crippen LogP contribution is -3.15. The van der Waals surface area contributed by atoms with Gasteiger partial charge in [0.15, 0.2) is 12.3 Å². The molecule has 1 saturated heterocycles. The first-order chi connectivity index (χ1) is 13.9. The number of ether oxygens (including phenoxy) is 1. The molecule has 1 heterocycles. The highest BCUT2D eigenvalue weighted by atomic mass is 19.3. The average Bonchev–Trinajstić information content (AvgIpc) is 2.70. The Hall–Kier alpha value is -3.00. The first-order valence-electron chi connectivity index (χ1n) is 9.45. The first-order valence-corrected chi connectivity index (χ1v) is 9.45. The number of hydrogen-bond donors (Lipinski definition) is 2. The van der Waals surface area contributed by atoms with Gasteiger partial charge in [0.1, 0.15) is 5.75 Å². The van der Waals surface area contributed by atoms with Crippen molar-refractivity contribution in [2.45, 2.75) is 13.5 Å². The Morgan fingerprint density at radius 3 is 2.24 bits per heavy atom. The van der Waals surface area contributed by atoms with Crippen molar-refractivity contribution in [1.29, 1.82) is 0 Å². The number of benzene rings is 2. The van der Waals surface area contributed by atoms with E-state index in [4.69, 9.17) is 0 Å². The van der Waals surface area contributed by atoms with Gasteiger partial charge >= 0.3 is 6.61 Å². The molecule has 154 valence electrons. The van der Waals surface area contributed by atoms with Crippen molar-refractivity contribution in [2.75, 3.05) is 42.9 Å². The van der Waals surface area contributed by atoms with Gasteiger partial charge in [-0.1, -0.05) is 0 Å². The fourth-order valence-electron chi connectivity index (χ4n) is 3.32. The van der Waals surface area contributed by atoms with Crippen molar-refractivity contribution < 1.29 is 28.0 Å². The van der Waals surface area contributed by atoms with Crippen molar-refractivity contribution in [2.24, 2.45) is 0 Å². The van der Waals surface area contributed by atoms with E-state index in [0.717, 1.165) is 31.9 Å². The van der Waals surface area contributed by atoms with Crippen LogP contribution in [0.5, 0.6) is 5.75 Å². The molecule has 2 N–H and O–H groups in total. The summed E-state index contributed by atoms with van der Waals surface area (Å²) < 4.78 is 28.6. The van der Waals surface area contributed by atoms with Crippen LogP contribution in [0.15, 0.2) is 48.5 Å². The van der Waals surface area contributed by atoms with Crippen LogP contribution in [-0.2, 0) is 4.79 Å². The zero-order valence-electron chi connectivity index (χ0n) is 16.2. The van der Waals surface area contributed by atoms with Gasteiger partial charge in [0.25, 0.3) is 5.91 Å². The lowest BCUT2D eigenvalue weighted by Gasteiger charge is -2.33. The zero-order valence-corrected chi connectivity index (χ0v) is 16.2. The molecule has 2 aromatic carbocycles. The molecule has 0 radical (unpaired) electrons. The van der Waals surface area contributed by atoms with Crippen molar-refractivity contribution >= 4 is 23.1 Å². The molecule has 8 heteroatoms. The fourth-order valence-corrected chi connectivity index (χ4v) is 3.32. The molecule has 1 aliphatic heterocycles. The maximum absolute atomic E-state index is 12.3. The minimum Gasteiger partial charge on any atom is -0.435 e. The molecular formula is C21H24F2N3O3+. The van der Waals surface area contributed by atoms with Gasteiger partial charge in [-0.3, -0.25) is 9.59 Å². The number of quaternary nitrogens is 1. The van der Waals surface area contributed by atoms with Crippen LogP contribution in [0.25, 0.3) is 0 Å². The summed E-state index contributed by atoms with van der Waals surface area (Å²) in [5.74, 6) is -0.0223. The maximum Gasteiger partial charge on any atom is 0.387 e. The number of rotatable bonds is 7. The van der Waals surface area contributed by atoms with E-state index in [9.17, 15) is 18.4 Å². The van der Waals surface area contributed by atoms with Gasteiger partial charge in [0.2, 0.25) is 0 Å². The van der Waals surface area contributed by atoms with E-state index in [-0.39, 0.29) is 17.4 Å². The summed E-state index contributed by atoms with van der Waals surface area (Å²) in [6.45, 7) is 2.31. The van der Waals surface area contributed by atoms with Crippen LogP contribution in [0.2, 0.25) is 0 Å². The van der Waals surface area contributed by atoms with E-state index in [1.807, 2.05) is 24.3 Å². The van der Waals surface area contributed by atoms with Gasteiger partial charge in [0, 0.05) is 16.9 Å². The van der Waals surface area contributed by atoms with Gasteiger partial charge in [0.05, 0.1) is 26.2 Å². The number of halogens is 2. The summed E-state index contributed by atoms with van der Waals surface area (Å²) in [6.07, 6.45) is 0. The third-order valence-electron chi connectivity index (χ3n) is 4.88. The molecule has 3 rings (SSSR count). The lowest BCUT2D eigenvalue weighted by molar-refractivity contribution is -0.892. The molecule has 0 aliphatic carbocycles. The van der Waals surface area contributed by atoms with E-state index >= 15 is 0 Å². The smallest absolute Gasteiger partial charge is 0.387 e. The van der Waals surface area contributed by atoms with E-state index in [2.05, 4.69) is 15.0 Å². The highest BCUT2D eigenvalue weighted by Crippen LogP contribution is 2.18. The number of anilines is 2. The number of alkyl halides is 2. The van der Waals surface area contributed by atoms with Crippen LogP contribution in [0, 0.1) is 0 Å². The summed E-state index contributed by atoms with van der Waals surface area (Å²) >= 11 is 0. The number of nitrogens with zero attached hydrogens (tertiary/aromatic N) is 1. The number of ketones is 1. The second-order valence-electron chi connectivity index (χ2n) is 6.97. The summed E-state index contributed by atoms with van der Waals surface area (Å²) in [6, 6.07) is 13.4. The Balaban J connectivity index is 1.45. The van der Waals surface area contributed by atoms with Crippen LogP contribution in [0.4, 0.5) is 20.2 Å². The Bertz CT molecular complexity index is 833. The molecule has 0 spiro atoms. The third kappa shape index (κ3) is 5.99. The molecule has 0 saturated carbocycles. The number of amides is 1. The highest BCUT2D eigenvalue weighted by molar-refractivity contribution is 5.94. The molecule has 1 fully saturated rings. The van der Waals surface area contributed by atoms with Crippen LogP contribution >= 0.6 is 0 Å². The third-order valence-corrected chi connectivity index (χ3v) is 4.88. The minimum atomic E-state index is -2.87. The van der Waals surface area contributed by atoms with E-state index in [0.29, 0.717) is 17.8 Å². The normalized spacial score (nSPS) is 14.7. The molecule has 0 unspecified atom stereocenters. The van der Waals surface area contributed by atoms with Crippen molar-refractivity contribution in [3.63, 3.8) is 0 Å². The number of hydrogen-bond acceptors (Lipinski definition) is 4. The summed E-state index contributed by atoms with van der Waals surface area (Å²) in [7, 11) is 0. The van der Waals surface area contributed by atoms with Crippen LogP contribution in [-0.4, -0.2) is 51.0 Å². The van der Waals surface area contributed by atoms with Crippen molar-refractivity contribution in [1.82, 2.24) is 0 Å². The monoisotopic (exact) mass is 404 g/mol. The maximum atomic E-state index is 12.3. The number of Topliss-reactive ketones (excluding diaryl/α,β-unsaturated/α-hetero) is 1. The second-order valence-corrected chi connectivity index (χ2v) is 6.97. The zero-order chi connectivity index (χ0) is 20.8. The lowest BCUT2D eigenvalue weighted by atomic mass is 10.1. The van der Waals surface area contributed by atoms with E-state index in [1.165, 1.54) is 29.2 Å². The molecule has 0 aromatic heterocycles. The minimum absolute atomic E-state index is 0.0491. The molecule has 0 atom stereocenters. The van der Waals surface area contributed by atoms with Gasteiger partial charge in [-0.2, -0.15) is 8.78 Å². The summed E-state index contributed by atoms with van der Waals surface area (Å²) in [5.41, 5.74) is 2.31. The fraction of sp³-hybridized carbons (Fsp3) is 0.333. The average molecular weight is 404 g/mol. The first kappa shape index (κ1) is 20.7. The number of carbonyl (C=O) groups excluding carboxylic acids is 2. The molecule has 1 amide bonds. The summed E-state index contributed by atoms with van der Waals surface area (Å²) in [5, 5.41) is 2.78. The molecule has 6 nitrogen and oxygen atoms in total. The van der Waals surface area contributed by atoms with Gasteiger partial charge in [-0.25, -0.2) is 0 Å². The van der Waals surface area contributed by atoms with Crippen LogP contribution in [0.3, 0.4) is 0 Å². The predicted octanol–water partition coefficient (Wildman–Crippen LogP) is 1.83. The Labute approximate surface area is 168 Å². The van der Waals surface area contributed by atoms with Crippen LogP contribution in [0.1, 0.15) is 17.3 Å². The molecule has 0 bridgehead atoms. The SMILES string of the molecule is CC(=O)c1ccc(N2CC[NH+](CC(=O)Nc3ccc(OC(F)F)cc3)CC2)cc1. The topological polar surface area (TPSA) is 63.1 Å². The quantitative estimate of drug-likeness (QED) is 0.692. The van der Waals surface area contributed by atoms with Gasteiger partial charge < -0.3 is 19.9 Å². The standard InChI is InChI=1S/C21H23F2N3O3/c1-15(27)16-2-6-18(7-3-16)26-12-10-25(11-13-26)14-20(28)24-17-4-8-19(9-5-17)29-21(22)23/h2-9,21H,10-14H2,1H3,(H,24,28)/p+1. The van der Waals surface area contributed by atoms with Crippen molar-refractivity contribution in [3.8, 4) is 5.75 Å². The number of piperazine rings is 1. The Morgan fingerprint density at radius 1 is 1.07 bits per heavy atom. The Morgan fingerprint density at radius 2 is 1.69 bits per heavy atom. The Kier molecular flexibility index (Phi) is 6.77. The van der Waals surface area contributed by atoms with E-state index in [1.54, 1.807) is 6.92 Å². The highest BCUT2D eigenvalue weighted by Gasteiger charge is 2.22. The van der Waals surface area contributed by atoms with Crippen LogP contribution < -0.4 is 19.9 Å². The molecule has 29 heavy (non-hydrogen) atoms. The van der Waals surface area contributed by atoms with E-state index < -0.39 is 6.61 Å². The molecular weight excluding hydrogens is 380 g/mol. The van der Waals surface area contributed by atoms with Gasteiger partial charge in [-0.05, 0) is 55.5 Å². The predicted molar refractivity (Wildman–Crippen MR) is 106 cm³/mol. The largest absolute Gasteiger partial charge is 0.435 e.